The molecule has 3 heterocycles. The molecule has 9 heteroatoms. The number of aryl methyl sites for hydroxylation is 1. The maximum atomic E-state index is 13.8. The molecule has 1 fully saturated rings. The Morgan fingerprint density at radius 1 is 1.14 bits per heavy atom. The molecule has 0 radical (unpaired) electrons. The summed E-state index contributed by atoms with van der Waals surface area (Å²) in [5.74, 6) is 0.229. The van der Waals surface area contributed by atoms with E-state index in [1.54, 1.807) is 23.7 Å². The highest BCUT2D eigenvalue weighted by Gasteiger charge is 2.28. The Morgan fingerprint density at radius 2 is 1.83 bits per heavy atom. The van der Waals surface area contributed by atoms with Crippen molar-refractivity contribution in [3.63, 3.8) is 0 Å². The standard InChI is InChI=1S/C20H24FN5O3/c1-12-9-25(10-13(2)29-12)19-22-17-16(18(27)24(4)20(28)23(17)3)26(19)11-14-6-5-7-15(21)8-14/h5-8,12-13H,9-11H2,1-4H3. The van der Waals surface area contributed by atoms with Crippen molar-refractivity contribution >= 4 is 17.1 Å². The molecule has 1 saturated heterocycles. The predicted molar refractivity (Wildman–Crippen MR) is 108 cm³/mol. The molecule has 0 bridgehead atoms. The molecule has 2 atom stereocenters. The second kappa shape index (κ2) is 7.14. The van der Waals surface area contributed by atoms with Crippen LogP contribution < -0.4 is 16.1 Å². The van der Waals surface area contributed by atoms with E-state index in [9.17, 15) is 14.0 Å². The number of nitrogens with zero attached hydrogens (tertiary/aromatic N) is 5. The van der Waals surface area contributed by atoms with E-state index >= 15 is 0 Å². The van der Waals surface area contributed by atoms with Crippen LogP contribution in [0, 0.1) is 5.82 Å². The number of ether oxygens (including phenoxy) is 1. The molecule has 0 spiro atoms. The molecule has 1 aliphatic rings. The van der Waals surface area contributed by atoms with Crippen molar-refractivity contribution in [3.8, 4) is 0 Å². The second-order valence-corrected chi connectivity index (χ2v) is 7.67. The summed E-state index contributed by atoms with van der Waals surface area (Å²) in [4.78, 5) is 32.1. The van der Waals surface area contributed by atoms with Crippen LogP contribution in [0.2, 0.25) is 0 Å². The Bertz CT molecular complexity index is 1190. The lowest BCUT2D eigenvalue weighted by Crippen LogP contribution is -2.46. The van der Waals surface area contributed by atoms with Crippen LogP contribution in [0.4, 0.5) is 10.3 Å². The summed E-state index contributed by atoms with van der Waals surface area (Å²) in [6, 6.07) is 6.25. The summed E-state index contributed by atoms with van der Waals surface area (Å²) in [5.41, 5.74) is 0.480. The van der Waals surface area contributed by atoms with E-state index < -0.39 is 11.2 Å². The molecule has 2 aromatic heterocycles. The van der Waals surface area contributed by atoms with E-state index in [1.165, 1.54) is 23.7 Å². The lowest BCUT2D eigenvalue weighted by molar-refractivity contribution is -0.00585. The highest BCUT2D eigenvalue weighted by molar-refractivity contribution is 5.75. The fourth-order valence-corrected chi connectivity index (χ4v) is 3.99. The number of benzene rings is 1. The van der Waals surface area contributed by atoms with Crippen LogP contribution >= 0.6 is 0 Å². The summed E-state index contributed by atoms with van der Waals surface area (Å²) >= 11 is 0. The van der Waals surface area contributed by atoms with Gasteiger partial charge in [-0.15, -0.1) is 0 Å². The monoisotopic (exact) mass is 401 g/mol. The molecular formula is C20H24FN5O3. The molecule has 1 aliphatic heterocycles. The first-order valence-corrected chi connectivity index (χ1v) is 9.57. The molecule has 0 aliphatic carbocycles. The quantitative estimate of drug-likeness (QED) is 0.660. The smallest absolute Gasteiger partial charge is 0.332 e. The molecule has 8 nitrogen and oxygen atoms in total. The van der Waals surface area contributed by atoms with Crippen molar-refractivity contribution in [3.05, 3.63) is 56.5 Å². The third kappa shape index (κ3) is 3.35. The Kier molecular flexibility index (Phi) is 4.77. The maximum absolute atomic E-state index is 13.8. The zero-order valence-electron chi connectivity index (χ0n) is 16.9. The maximum Gasteiger partial charge on any atom is 0.332 e. The summed E-state index contributed by atoms with van der Waals surface area (Å²) in [6.45, 7) is 5.43. The fraction of sp³-hybridized carbons (Fsp3) is 0.450. The molecule has 0 amide bonds. The number of hydrogen-bond donors (Lipinski definition) is 0. The Balaban J connectivity index is 1.96. The van der Waals surface area contributed by atoms with Crippen molar-refractivity contribution in [2.45, 2.75) is 32.6 Å². The van der Waals surface area contributed by atoms with Gasteiger partial charge in [-0.2, -0.15) is 4.98 Å². The Hall–Kier alpha value is -2.94. The fourth-order valence-electron chi connectivity index (χ4n) is 3.99. The lowest BCUT2D eigenvalue weighted by Gasteiger charge is -2.36. The van der Waals surface area contributed by atoms with E-state index in [0.29, 0.717) is 35.8 Å². The van der Waals surface area contributed by atoms with Gasteiger partial charge in [-0.05, 0) is 31.5 Å². The number of halogens is 1. The highest BCUT2D eigenvalue weighted by Crippen LogP contribution is 2.24. The first-order valence-electron chi connectivity index (χ1n) is 9.57. The van der Waals surface area contributed by atoms with Crippen LogP contribution in [0.5, 0.6) is 0 Å². The molecular weight excluding hydrogens is 377 g/mol. The van der Waals surface area contributed by atoms with E-state index in [2.05, 4.69) is 9.88 Å². The van der Waals surface area contributed by atoms with E-state index in [-0.39, 0.29) is 24.6 Å². The molecule has 29 heavy (non-hydrogen) atoms. The molecule has 4 rings (SSSR count). The number of morpholine rings is 1. The minimum Gasteiger partial charge on any atom is -0.372 e. The molecule has 0 N–H and O–H groups in total. The van der Waals surface area contributed by atoms with Gasteiger partial charge in [0.1, 0.15) is 5.82 Å². The topological polar surface area (TPSA) is 74.3 Å². The summed E-state index contributed by atoms with van der Waals surface area (Å²) < 4.78 is 23.8. The van der Waals surface area contributed by atoms with Gasteiger partial charge in [0, 0.05) is 27.2 Å². The van der Waals surface area contributed by atoms with Crippen molar-refractivity contribution in [1.29, 1.82) is 0 Å². The van der Waals surface area contributed by atoms with Crippen LogP contribution in [0.1, 0.15) is 19.4 Å². The van der Waals surface area contributed by atoms with Crippen molar-refractivity contribution < 1.29 is 9.13 Å². The van der Waals surface area contributed by atoms with Crippen LogP contribution in [0.15, 0.2) is 33.9 Å². The number of imidazole rings is 1. The van der Waals surface area contributed by atoms with E-state index in [1.807, 2.05) is 13.8 Å². The number of anilines is 1. The van der Waals surface area contributed by atoms with Crippen molar-refractivity contribution in [2.75, 3.05) is 18.0 Å². The molecule has 3 aromatic rings. The second-order valence-electron chi connectivity index (χ2n) is 7.67. The van der Waals surface area contributed by atoms with Crippen molar-refractivity contribution in [2.24, 2.45) is 14.1 Å². The summed E-state index contributed by atoms with van der Waals surface area (Å²) in [7, 11) is 3.04. The SMILES string of the molecule is CC1CN(c2nc3c(c(=O)n(C)c(=O)n3C)n2Cc2cccc(F)c2)CC(C)O1. The van der Waals surface area contributed by atoms with Crippen LogP contribution in [-0.2, 0) is 25.4 Å². The van der Waals surface area contributed by atoms with Crippen LogP contribution in [-0.4, -0.2) is 44.0 Å². The largest absolute Gasteiger partial charge is 0.372 e. The molecule has 1 aromatic carbocycles. The van der Waals surface area contributed by atoms with Gasteiger partial charge in [-0.1, -0.05) is 12.1 Å². The molecule has 2 unspecified atom stereocenters. The van der Waals surface area contributed by atoms with Gasteiger partial charge >= 0.3 is 5.69 Å². The normalized spacial score (nSPS) is 19.8. The zero-order chi connectivity index (χ0) is 20.9. The van der Waals surface area contributed by atoms with Gasteiger partial charge in [0.15, 0.2) is 11.2 Å². The lowest BCUT2D eigenvalue weighted by atomic mass is 10.2. The van der Waals surface area contributed by atoms with Gasteiger partial charge in [-0.3, -0.25) is 18.5 Å². The van der Waals surface area contributed by atoms with E-state index in [0.717, 1.165) is 4.57 Å². The van der Waals surface area contributed by atoms with Gasteiger partial charge in [0.25, 0.3) is 5.56 Å². The summed E-state index contributed by atoms with van der Waals surface area (Å²) in [5, 5.41) is 0. The van der Waals surface area contributed by atoms with Gasteiger partial charge < -0.3 is 9.64 Å². The van der Waals surface area contributed by atoms with Gasteiger partial charge in [0.2, 0.25) is 5.95 Å². The third-order valence-electron chi connectivity index (χ3n) is 5.26. The zero-order valence-corrected chi connectivity index (χ0v) is 16.9. The first-order chi connectivity index (χ1) is 13.8. The third-order valence-corrected chi connectivity index (χ3v) is 5.26. The van der Waals surface area contributed by atoms with Gasteiger partial charge in [0.05, 0.1) is 18.8 Å². The van der Waals surface area contributed by atoms with Crippen LogP contribution in [0.25, 0.3) is 11.2 Å². The minimum absolute atomic E-state index is 0.00663. The average molecular weight is 401 g/mol. The highest BCUT2D eigenvalue weighted by atomic mass is 19.1. The number of rotatable bonds is 3. The van der Waals surface area contributed by atoms with E-state index in [4.69, 9.17) is 4.74 Å². The van der Waals surface area contributed by atoms with Gasteiger partial charge in [-0.25, -0.2) is 9.18 Å². The average Bonchev–Trinajstić information content (AvgIpc) is 3.03. The van der Waals surface area contributed by atoms with Crippen LogP contribution in [0.3, 0.4) is 0 Å². The van der Waals surface area contributed by atoms with Crippen molar-refractivity contribution in [1.82, 2.24) is 18.7 Å². The molecule has 154 valence electrons. The molecule has 0 saturated carbocycles. The minimum atomic E-state index is -0.437. The summed E-state index contributed by atoms with van der Waals surface area (Å²) in [6.07, 6.45) is -0.0133. The Morgan fingerprint density at radius 3 is 2.48 bits per heavy atom. The number of aromatic nitrogens is 4. The first kappa shape index (κ1) is 19.4. The number of fused-ring (bicyclic) bond motifs is 1. The Labute approximate surface area is 166 Å². The number of hydrogen-bond acceptors (Lipinski definition) is 5. The predicted octanol–water partition coefficient (Wildman–Crippen LogP) is 1.23.